The number of hydrogen-bond acceptors (Lipinski definition) is 3. The Morgan fingerprint density at radius 1 is 1.56 bits per heavy atom. The normalized spacial score (nSPS) is 18.7. The van der Waals surface area contributed by atoms with E-state index in [1.165, 1.54) is 4.90 Å². The maximum atomic E-state index is 11.7. The Balaban J connectivity index is 2.19. The van der Waals surface area contributed by atoms with Gasteiger partial charge >= 0.3 is 0 Å². The van der Waals surface area contributed by atoms with Gasteiger partial charge in [0.25, 0.3) is 0 Å². The van der Waals surface area contributed by atoms with Gasteiger partial charge < -0.3 is 10.6 Å². The summed E-state index contributed by atoms with van der Waals surface area (Å²) in [6.07, 6.45) is 1.84. The Hall–Kier alpha value is -2.35. The van der Waals surface area contributed by atoms with Gasteiger partial charge in [0.05, 0.1) is 11.6 Å². The number of likely N-dealkylation sites (tertiary alicyclic amines) is 1. The number of nitrogens with two attached hydrogens (primary N) is 1. The van der Waals surface area contributed by atoms with Crippen LogP contribution < -0.4 is 5.73 Å². The summed E-state index contributed by atoms with van der Waals surface area (Å²) in [7, 11) is 0. The standard InChI is InChI=1S/C13H12N3O2/c14-7-9-2-1-3-10(6-9)8-16-11(13(15)18)4-5-12(16)17/h1-4,6,11H,5,8H2,(H2,15,18). The quantitative estimate of drug-likeness (QED) is 0.829. The summed E-state index contributed by atoms with van der Waals surface area (Å²) in [6.45, 7) is 0.290. The fourth-order valence-corrected chi connectivity index (χ4v) is 2.00. The molecule has 91 valence electrons. The molecule has 2 amide bonds. The van der Waals surface area contributed by atoms with Gasteiger partial charge in [0, 0.05) is 19.4 Å². The largest absolute Gasteiger partial charge is 0.368 e. The molecular weight excluding hydrogens is 230 g/mol. The van der Waals surface area contributed by atoms with E-state index in [-0.39, 0.29) is 12.3 Å². The molecule has 1 saturated heterocycles. The van der Waals surface area contributed by atoms with Crippen LogP contribution in [0.15, 0.2) is 24.3 Å². The number of amides is 2. The van der Waals surface area contributed by atoms with E-state index in [1.807, 2.05) is 12.1 Å². The van der Waals surface area contributed by atoms with Gasteiger partial charge in [-0.05, 0) is 17.7 Å². The predicted molar refractivity (Wildman–Crippen MR) is 63.6 cm³/mol. The first-order valence-electron chi connectivity index (χ1n) is 5.53. The molecule has 0 bridgehead atoms. The van der Waals surface area contributed by atoms with E-state index in [0.717, 1.165) is 5.56 Å². The highest BCUT2D eigenvalue weighted by Crippen LogP contribution is 2.20. The van der Waals surface area contributed by atoms with Gasteiger partial charge in [-0.15, -0.1) is 0 Å². The second-order valence-electron chi connectivity index (χ2n) is 4.12. The summed E-state index contributed by atoms with van der Waals surface area (Å²) >= 11 is 0. The Morgan fingerprint density at radius 2 is 2.33 bits per heavy atom. The molecule has 0 spiro atoms. The Morgan fingerprint density at radius 3 is 3.00 bits per heavy atom. The van der Waals surface area contributed by atoms with Gasteiger partial charge in [0.2, 0.25) is 11.8 Å². The number of nitrogens with zero attached hydrogens (tertiary/aromatic N) is 2. The monoisotopic (exact) mass is 242 g/mol. The first kappa shape index (κ1) is 12.1. The minimum absolute atomic E-state index is 0.124. The smallest absolute Gasteiger partial charge is 0.240 e. The SMILES string of the molecule is N#Cc1cccc(CN2C(=O)C[CH]C2C(N)=O)c1. The molecule has 1 heterocycles. The van der Waals surface area contributed by atoms with Crippen LogP contribution in [0, 0.1) is 17.8 Å². The van der Waals surface area contributed by atoms with Crippen molar-refractivity contribution in [2.24, 2.45) is 5.73 Å². The second-order valence-corrected chi connectivity index (χ2v) is 4.12. The summed E-state index contributed by atoms with van der Waals surface area (Å²) in [5.74, 6) is -0.654. The van der Waals surface area contributed by atoms with Crippen molar-refractivity contribution < 1.29 is 9.59 Å². The van der Waals surface area contributed by atoms with Crippen molar-refractivity contribution in [3.63, 3.8) is 0 Å². The van der Waals surface area contributed by atoms with E-state index in [1.54, 1.807) is 24.6 Å². The van der Waals surface area contributed by atoms with Gasteiger partial charge in [-0.2, -0.15) is 5.26 Å². The second kappa shape index (κ2) is 4.88. The number of carbonyl (C=O) groups is 2. The highest BCUT2D eigenvalue weighted by molar-refractivity contribution is 5.92. The molecule has 1 aliphatic rings. The first-order valence-corrected chi connectivity index (χ1v) is 5.53. The lowest BCUT2D eigenvalue weighted by molar-refractivity contribution is -0.134. The molecule has 1 radical (unpaired) electrons. The third-order valence-electron chi connectivity index (χ3n) is 2.87. The Bertz CT molecular complexity index is 533. The fourth-order valence-electron chi connectivity index (χ4n) is 2.00. The maximum Gasteiger partial charge on any atom is 0.240 e. The van der Waals surface area contributed by atoms with Crippen LogP contribution in [0.4, 0.5) is 0 Å². The highest BCUT2D eigenvalue weighted by atomic mass is 16.2. The summed E-state index contributed by atoms with van der Waals surface area (Å²) in [4.78, 5) is 24.3. The zero-order valence-corrected chi connectivity index (χ0v) is 9.67. The van der Waals surface area contributed by atoms with Gasteiger partial charge in [0.1, 0.15) is 6.04 Å². The lowest BCUT2D eigenvalue weighted by atomic mass is 10.1. The van der Waals surface area contributed by atoms with Crippen LogP contribution in [0.3, 0.4) is 0 Å². The maximum absolute atomic E-state index is 11.7. The van der Waals surface area contributed by atoms with Crippen molar-refractivity contribution >= 4 is 11.8 Å². The van der Waals surface area contributed by atoms with Crippen molar-refractivity contribution in [1.29, 1.82) is 5.26 Å². The van der Waals surface area contributed by atoms with Gasteiger partial charge in [-0.1, -0.05) is 12.1 Å². The van der Waals surface area contributed by atoms with Crippen molar-refractivity contribution in [2.45, 2.75) is 19.0 Å². The number of rotatable bonds is 3. The van der Waals surface area contributed by atoms with Crippen LogP contribution in [0.5, 0.6) is 0 Å². The summed E-state index contributed by atoms with van der Waals surface area (Å²) in [5.41, 5.74) is 6.58. The molecule has 0 aromatic heterocycles. The van der Waals surface area contributed by atoms with Gasteiger partial charge in [-0.25, -0.2) is 0 Å². The van der Waals surface area contributed by atoms with Crippen LogP contribution in [0.1, 0.15) is 17.5 Å². The minimum Gasteiger partial charge on any atom is -0.368 e. The molecule has 0 saturated carbocycles. The Labute approximate surface area is 105 Å². The summed E-state index contributed by atoms with van der Waals surface area (Å²) in [5, 5.41) is 8.80. The van der Waals surface area contributed by atoms with E-state index < -0.39 is 11.9 Å². The van der Waals surface area contributed by atoms with Crippen molar-refractivity contribution in [3.8, 4) is 6.07 Å². The fraction of sp³-hybridized carbons (Fsp3) is 0.231. The van der Waals surface area contributed by atoms with Crippen molar-refractivity contribution in [1.82, 2.24) is 4.90 Å². The molecule has 2 N–H and O–H groups in total. The zero-order valence-electron chi connectivity index (χ0n) is 9.67. The highest BCUT2D eigenvalue weighted by Gasteiger charge is 2.34. The lowest BCUT2D eigenvalue weighted by Crippen LogP contribution is -2.41. The third kappa shape index (κ3) is 2.33. The predicted octanol–water partition coefficient (Wildman–Crippen LogP) is 0.349. The number of hydrogen-bond donors (Lipinski definition) is 1. The molecule has 18 heavy (non-hydrogen) atoms. The summed E-state index contributed by atoms with van der Waals surface area (Å²) < 4.78 is 0. The van der Waals surface area contributed by atoms with Gasteiger partial charge in [-0.3, -0.25) is 9.59 Å². The molecule has 1 aliphatic heterocycles. The van der Waals surface area contributed by atoms with Crippen LogP contribution in [-0.2, 0) is 16.1 Å². The molecule has 1 fully saturated rings. The molecule has 2 rings (SSSR count). The summed E-state index contributed by atoms with van der Waals surface area (Å²) in [6, 6.07) is 8.33. The molecule has 5 heteroatoms. The van der Waals surface area contributed by atoms with Crippen LogP contribution in [0.2, 0.25) is 0 Å². The van der Waals surface area contributed by atoms with Crippen LogP contribution in [0.25, 0.3) is 0 Å². The Kier molecular flexibility index (Phi) is 3.28. The van der Waals surface area contributed by atoms with E-state index >= 15 is 0 Å². The van der Waals surface area contributed by atoms with Crippen LogP contribution >= 0.6 is 0 Å². The first-order chi connectivity index (χ1) is 8.61. The molecule has 5 nitrogen and oxygen atoms in total. The van der Waals surface area contributed by atoms with Crippen LogP contribution in [-0.4, -0.2) is 22.8 Å². The zero-order chi connectivity index (χ0) is 13.1. The van der Waals surface area contributed by atoms with Crippen molar-refractivity contribution in [3.05, 3.63) is 41.8 Å². The molecule has 1 aromatic carbocycles. The van der Waals surface area contributed by atoms with Crippen molar-refractivity contribution in [2.75, 3.05) is 0 Å². The lowest BCUT2D eigenvalue weighted by Gasteiger charge is -2.22. The molecule has 1 atom stereocenters. The molecule has 1 unspecified atom stereocenters. The number of nitriles is 1. The third-order valence-corrected chi connectivity index (χ3v) is 2.87. The van der Waals surface area contributed by atoms with E-state index in [0.29, 0.717) is 12.1 Å². The molecular formula is C13H12N3O2. The number of benzene rings is 1. The van der Waals surface area contributed by atoms with E-state index in [4.69, 9.17) is 11.0 Å². The molecule has 1 aromatic rings. The number of carbonyl (C=O) groups excluding carboxylic acids is 2. The molecule has 0 aliphatic carbocycles. The van der Waals surface area contributed by atoms with E-state index in [2.05, 4.69) is 0 Å². The average molecular weight is 242 g/mol. The number of primary amides is 1. The minimum atomic E-state index is -0.650. The van der Waals surface area contributed by atoms with Gasteiger partial charge in [0.15, 0.2) is 0 Å². The average Bonchev–Trinajstić information content (AvgIpc) is 2.71. The van der Waals surface area contributed by atoms with E-state index in [9.17, 15) is 9.59 Å². The topological polar surface area (TPSA) is 87.2 Å².